The molecule has 5 rings (SSSR count). The number of imide groups is 1. The zero-order valence-corrected chi connectivity index (χ0v) is 24.4. The molecule has 3 aromatic carbocycles. The van der Waals surface area contributed by atoms with Crippen molar-refractivity contribution in [2.45, 2.75) is 13.5 Å². The highest BCUT2D eigenvalue weighted by Gasteiger charge is 2.36. The number of hydrogen-bond donors (Lipinski definition) is 1. The Kier molecular flexibility index (Phi) is 8.24. The summed E-state index contributed by atoms with van der Waals surface area (Å²) in [7, 11) is 1.47. The largest absolute Gasteiger partial charge is 0.493 e. The first kappa shape index (κ1) is 27.9. The summed E-state index contributed by atoms with van der Waals surface area (Å²) in [5.74, 6) is 0.905. The predicted octanol–water partition coefficient (Wildman–Crippen LogP) is 6.40. The average Bonchev–Trinajstić information content (AvgIpc) is 3.46. The zero-order valence-electron chi connectivity index (χ0n) is 21.3. The molecule has 0 saturated carbocycles. The van der Waals surface area contributed by atoms with E-state index in [1.165, 1.54) is 7.11 Å². The fourth-order valence-electron chi connectivity index (χ4n) is 4.06. The number of anilines is 1. The molecule has 40 heavy (non-hydrogen) atoms. The number of ether oxygens (including phenoxy) is 4. The number of thioether (sulfide) groups is 1. The van der Waals surface area contributed by atoms with Gasteiger partial charge in [-0.05, 0) is 87.7 Å². The molecule has 0 spiro atoms. The standard InChI is InChI=1S/C28H22BrClN2O7S/c1-15-4-3-5-18(6-15)31-25(33)13-37-26-19(29)7-16(8-23(26)36-2)9-24-27(34)32(28(35)40-24)12-17-10-21-22(11-20(17)30)39-14-38-21/h3-11H,12-14H2,1-2H3,(H,31,33)/b24-9-. The third kappa shape index (κ3) is 6.06. The van der Waals surface area contributed by atoms with Crippen LogP contribution >= 0.6 is 39.3 Å². The van der Waals surface area contributed by atoms with Crippen LogP contribution in [0.2, 0.25) is 5.02 Å². The summed E-state index contributed by atoms with van der Waals surface area (Å²) in [5.41, 5.74) is 2.84. The van der Waals surface area contributed by atoms with Gasteiger partial charge in [0.05, 0.1) is 23.0 Å². The van der Waals surface area contributed by atoms with Gasteiger partial charge >= 0.3 is 0 Å². The minimum absolute atomic E-state index is 0.0120. The highest BCUT2D eigenvalue weighted by atomic mass is 79.9. The quantitative estimate of drug-likeness (QED) is 0.281. The Hall–Kier alpha value is -3.67. The first-order valence-corrected chi connectivity index (χ1v) is 13.9. The van der Waals surface area contributed by atoms with Gasteiger partial charge in [-0.25, -0.2) is 0 Å². The number of hydrogen-bond acceptors (Lipinski definition) is 8. The molecule has 0 aliphatic carbocycles. The molecule has 0 aromatic heterocycles. The van der Waals surface area contributed by atoms with Crippen molar-refractivity contribution in [1.82, 2.24) is 4.90 Å². The Balaban J connectivity index is 1.29. The lowest BCUT2D eigenvalue weighted by molar-refractivity contribution is -0.123. The van der Waals surface area contributed by atoms with Gasteiger partial charge < -0.3 is 24.3 Å². The lowest BCUT2D eigenvalue weighted by atomic mass is 10.1. The highest BCUT2D eigenvalue weighted by molar-refractivity contribution is 9.10. The third-order valence-electron chi connectivity index (χ3n) is 5.94. The summed E-state index contributed by atoms with van der Waals surface area (Å²) < 4.78 is 22.4. The van der Waals surface area contributed by atoms with Gasteiger partial charge in [-0.2, -0.15) is 0 Å². The van der Waals surface area contributed by atoms with Gasteiger partial charge in [0.25, 0.3) is 17.1 Å². The molecule has 0 unspecified atom stereocenters. The average molecular weight is 646 g/mol. The monoisotopic (exact) mass is 644 g/mol. The van der Waals surface area contributed by atoms with Crippen LogP contribution in [0.15, 0.2) is 57.9 Å². The molecule has 3 aromatic rings. The van der Waals surface area contributed by atoms with Crippen LogP contribution in [0.25, 0.3) is 6.08 Å². The second-order valence-electron chi connectivity index (χ2n) is 8.81. The Bertz CT molecular complexity index is 1560. The van der Waals surface area contributed by atoms with Crippen molar-refractivity contribution in [2.24, 2.45) is 0 Å². The third-order valence-corrected chi connectivity index (χ3v) is 7.79. The SMILES string of the molecule is COc1cc(/C=C2\SC(=O)N(Cc3cc4c(cc3Cl)OCO4)C2=O)cc(Br)c1OCC(=O)Nc1cccc(C)c1. The fourth-order valence-corrected chi connectivity index (χ4v) is 5.69. The maximum Gasteiger partial charge on any atom is 0.293 e. The number of amides is 3. The van der Waals surface area contributed by atoms with Crippen LogP contribution in [0.4, 0.5) is 10.5 Å². The number of aryl methyl sites for hydroxylation is 1. The van der Waals surface area contributed by atoms with E-state index in [2.05, 4.69) is 21.2 Å². The molecular formula is C28H22BrClN2O7S. The van der Waals surface area contributed by atoms with E-state index < -0.39 is 11.1 Å². The zero-order chi connectivity index (χ0) is 28.4. The van der Waals surface area contributed by atoms with Crippen LogP contribution in [0.3, 0.4) is 0 Å². The van der Waals surface area contributed by atoms with E-state index in [1.54, 1.807) is 36.4 Å². The van der Waals surface area contributed by atoms with E-state index in [1.807, 2.05) is 25.1 Å². The first-order valence-electron chi connectivity index (χ1n) is 11.9. The van der Waals surface area contributed by atoms with Gasteiger partial charge in [-0.3, -0.25) is 19.3 Å². The Labute approximate surface area is 247 Å². The van der Waals surface area contributed by atoms with Crippen molar-refractivity contribution in [2.75, 3.05) is 25.8 Å². The molecule has 0 atom stereocenters. The summed E-state index contributed by atoms with van der Waals surface area (Å²) in [6.07, 6.45) is 1.59. The van der Waals surface area contributed by atoms with E-state index in [0.29, 0.717) is 49.3 Å². The van der Waals surface area contributed by atoms with Crippen molar-refractivity contribution in [1.29, 1.82) is 0 Å². The van der Waals surface area contributed by atoms with E-state index >= 15 is 0 Å². The molecule has 2 aliphatic rings. The normalized spacial score (nSPS) is 15.1. The van der Waals surface area contributed by atoms with E-state index in [0.717, 1.165) is 22.2 Å². The van der Waals surface area contributed by atoms with Gasteiger partial charge in [-0.15, -0.1) is 0 Å². The van der Waals surface area contributed by atoms with Crippen molar-refractivity contribution in [3.05, 3.63) is 79.6 Å². The number of carbonyl (C=O) groups is 3. The van der Waals surface area contributed by atoms with Crippen LogP contribution in [0.1, 0.15) is 16.7 Å². The summed E-state index contributed by atoms with van der Waals surface area (Å²) in [5, 5.41) is 2.73. The molecule has 0 bridgehead atoms. The van der Waals surface area contributed by atoms with Crippen LogP contribution < -0.4 is 24.3 Å². The van der Waals surface area contributed by atoms with Gasteiger partial charge in [0.1, 0.15) is 0 Å². The Morgan fingerprint density at radius 2 is 1.95 bits per heavy atom. The molecule has 206 valence electrons. The van der Waals surface area contributed by atoms with E-state index in [4.69, 9.17) is 30.5 Å². The molecule has 2 aliphatic heterocycles. The van der Waals surface area contributed by atoms with Crippen molar-refractivity contribution < 1.29 is 33.3 Å². The molecule has 1 saturated heterocycles. The molecule has 1 N–H and O–H groups in total. The molecular weight excluding hydrogens is 624 g/mol. The van der Waals surface area contributed by atoms with Crippen LogP contribution in [-0.2, 0) is 16.1 Å². The summed E-state index contributed by atoms with van der Waals surface area (Å²) in [6.45, 7) is 1.76. The fraction of sp³-hybridized carbons (Fsp3) is 0.179. The molecule has 2 heterocycles. The van der Waals surface area contributed by atoms with Crippen molar-refractivity contribution in [3.8, 4) is 23.0 Å². The number of rotatable bonds is 8. The van der Waals surface area contributed by atoms with Crippen LogP contribution in [0, 0.1) is 6.92 Å². The smallest absolute Gasteiger partial charge is 0.293 e. The molecule has 3 amide bonds. The number of nitrogens with zero attached hydrogens (tertiary/aromatic N) is 1. The maximum atomic E-state index is 13.1. The topological polar surface area (TPSA) is 103 Å². The van der Waals surface area contributed by atoms with Gasteiger partial charge in [-0.1, -0.05) is 23.7 Å². The first-order chi connectivity index (χ1) is 19.2. The molecule has 1 fully saturated rings. The number of benzene rings is 3. The highest BCUT2D eigenvalue weighted by Crippen LogP contribution is 2.41. The van der Waals surface area contributed by atoms with Crippen LogP contribution in [0.5, 0.6) is 23.0 Å². The molecule has 12 heteroatoms. The Morgan fingerprint density at radius 1 is 1.18 bits per heavy atom. The number of carbonyl (C=O) groups excluding carboxylic acids is 3. The predicted molar refractivity (Wildman–Crippen MR) is 155 cm³/mol. The molecule has 9 nitrogen and oxygen atoms in total. The second-order valence-corrected chi connectivity index (χ2v) is 11.1. The lowest BCUT2D eigenvalue weighted by Crippen LogP contribution is -2.27. The van der Waals surface area contributed by atoms with Crippen molar-refractivity contribution >= 4 is 68.1 Å². The van der Waals surface area contributed by atoms with Gasteiger partial charge in [0.15, 0.2) is 29.6 Å². The minimum Gasteiger partial charge on any atom is -0.493 e. The maximum absolute atomic E-state index is 13.1. The van der Waals surface area contributed by atoms with E-state index in [-0.39, 0.29) is 30.8 Å². The summed E-state index contributed by atoms with van der Waals surface area (Å²) in [4.78, 5) is 39.6. The number of fused-ring (bicyclic) bond motifs is 1. The van der Waals surface area contributed by atoms with Gasteiger partial charge in [0, 0.05) is 16.8 Å². The molecule has 0 radical (unpaired) electrons. The van der Waals surface area contributed by atoms with Crippen molar-refractivity contribution in [3.63, 3.8) is 0 Å². The second kappa shape index (κ2) is 11.8. The van der Waals surface area contributed by atoms with Gasteiger partial charge in [0.2, 0.25) is 6.79 Å². The van der Waals surface area contributed by atoms with E-state index in [9.17, 15) is 14.4 Å². The minimum atomic E-state index is -0.452. The lowest BCUT2D eigenvalue weighted by Gasteiger charge is -2.14. The van der Waals surface area contributed by atoms with Crippen LogP contribution in [-0.4, -0.2) is 42.5 Å². The summed E-state index contributed by atoms with van der Waals surface area (Å²) >= 11 is 10.6. The number of nitrogens with one attached hydrogen (secondary N) is 1. The number of halogens is 2. The summed E-state index contributed by atoms with van der Waals surface area (Å²) in [6, 6.07) is 14.1. The Morgan fingerprint density at radius 3 is 2.70 bits per heavy atom. The number of methoxy groups -OCH3 is 1.